The highest BCUT2D eigenvalue weighted by Gasteiger charge is 2.35. The van der Waals surface area contributed by atoms with E-state index in [2.05, 4.69) is 9.71 Å². The molecule has 0 saturated carbocycles. The van der Waals surface area contributed by atoms with Gasteiger partial charge in [-0.3, -0.25) is 4.79 Å². The summed E-state index contributed by atoms with van der Waals surface area (Å²) in [6, 6.07) is 7.66. The molecule has 0 fully saturated rings. The molecule has 7 nitrogen and oxygen atoms in total. The van der Waals surface area contributed by atoms with Gasteiger partial charge in [-0.2, -0.15) is 8.42 Å². The number of hydrogen-bond donors (Lipinski definition) is 2. The van der Waals surface area contributed by atoms with Gasteiger partial charge >= 0.3 is 0 Å². The maximum Gasteiger partial charge on any atom is 0.279 e. The van der Waals surface area contributed by atoms with E-state index in [4.69, 9.17) is 0 Å². The van der Waals surface area contributed by atoms with Gasteiger partial charge in [0, 0.05) is 17.7 Å². The number of aromatic nitrogens is 1. The number of rotatable bonds is 5. The van der Waals surface area contributed by atoms with Crippen LogP contribution in [-0.4, -0.2) is 33.5 Å². The predicted octanol–water partition coefficient (Wildman–Crippen LogP) is 1.34. The minimum absolute atomic E-state index is 0.00183. The number of aromatic amines is 1. The average molecular weight is 396 g/mol. The molecule has 0 saturated heterocycles. The lowest BCUT2D eigenvalue weighted by atomic mass is 10.00. The number of H-pyrrole nitrogens is 1. The smallest absolute Gasteiger partial charge is 0.279 e. The van der Waals surface area contributed by atoms with Crippen LogP contribution in [-0.2, 0) is 37.5 Å². The van der Waals surface area contributed by atoms with Gasteiger partial charge in [-0.05, 0) is 25.3 Å². The number of aryl methyl sites for hydroxylation is 1. The van der Waals surface area contributed by atoms with Crippen molar-refractivity contribution in [2.24, 2.45) is 5.92 Å². The first-order valence-electron chi connectivity index (χ1n) is 8.15. The lowest BCUT2D eigenvalue weighted by molar-refractivity contribution is -0.122. The average Bonchev–Trinajstić information content (AvgIpc) is 3.11. The van der Waals surface area contributed by atoms with Crippen LogP contribution in [0, 0.1) is 12.8 Å². The molecule has 1 atom stereocenters. The van der Waals surface area contributed by atoms with Gasteiger partial charge in [0.2, 0.25) is 5.91 Å². The molecule has 0 spiro atoms. The number of nitrogens with one attached hydrogen (secondary N) is 2. The highest BCUT2D eigenvalue weighted by Crippen LogP contribution is 2.30. The SMILES string of the molecule is Cc1ccc(C[C@@H](C)C(=O)NS(=O)(=O)c2[nH]cc3c2CCS3(=O)=O)cc1. The van der Waals surface area contributed by atoms with Crippen molar-refractivity contribution in [1.82, 2.24) is 9.71 Å². The van der Waals surface area contributed by atoms with E-state index in [9.17, 15) is 21.6 Å². The first kappa shape index (κ1) is 18.7. The molecule has 1 aromatic heterocycles. The molecular weight excluding hydrogens is 376 g/mol. The van der Waals surface area contributed by atoms with E-state index < -0.39 is 31.7 Å². The Morgan fingerprint density at radius 1 is 1.27 bits per heavy atom. The molecule has 140 valence electrons. The van der Waals surface area contributed by atoms with Crippen molar-refractivity contribution in [2.45, 2.75) is 36.6 Å². The largest absolute Gasteiger partial charge is 0.349 e. The number of carbonyl (C=O) groups excluding carboxylic acids is 1. The maximum absolute atomic E-state index is 12.5. The number of amides is 1. The first-order chi connectivity index (χ1) is 12.1. The van der Waals surface area contributed by atoms with Crippen LogP contribution in [0.3, 0.4) is 0 Å². The van der Waals surface area contributed by atoms with Crippen LogP contribution in [0.1, 0.15) is 23.6 Å². The van der Waals surface area contributed by atoms with Gasteiger partial charge in [0.25, 0.3) is 10.0 Å². The molecule has 1 aliphatic heterocycles. The van der Waals surface area contributed by atoms with Crippen molar-refractivity contribution in [3.63, 3.8) is 0 Å². The Morgan fingerprint density at radius 3 is 2.58 bits per heavy atom. The Hall–Kier alpha value is -2.13. The van der Waals surface area contributed by atoms with Crippen molar-refractivity contribution in [2.75, 3.05) is 5.75 Å². The number of benzene rings is 1. The monoisotopic (exact) mass is 396 g/mol. The third-order valence-electron chi connectivity index (χ3n) is 4.48. The summed E-state index contributed by atoms with van der Waals surface area (Å²) in [6.45, 7) is 3.61. The third-order valence-corrected chi connectivity index (χ3v) is 7.62. The van der Waals surface area contributed by atoms with E-state index >= 15 is 0 Å². The Morgan fingerprint density at radius 2 is 1.92 bits per heavy atom. The molecule has 1 amide bonds. The highest BCUT2D eigenvalue weighted by molar-refractivity contribution is 7.92. The van der Waals surface area contributed by atoms with E-state index in [-0.39, 0.29) is 27.7 Å². The summed E-state index contributed by atoms with van der Waals surface area (Å²) in [5.74, 6) is -1.30. The fraction of sp³-hybridized carbons (Fsp3) is 0.353. The fourth-order valence-corrected chi connectivity index (χ4v) is 5.87. The molecule has 0 aliphatic carbocycles. The van der Waals surface area contributed by atoms with Crippen molar-refractivity contribution in [3.05, 3.63) is 47.2 Å². The van der Waals surface area contributed by atoms with Crippen molar-refractivity contribution >= 4 is 25.8 Å². The quantitative estimate of drug-likeness (QED) is 0.792. The molecule has 26 heavy (non-hydrogen) atoms. The molecule has 2 aromatic rings. The van der Waals surface area contributed by atoms with Crippen LogP contribution in [0.25, 0.3) is 0 Å². The molecule has 9 heteroatoms. The molecule has 1 aromatic carbocycles. The highest BCUT2D eigenvalue weighted by atomic mass is 32.2. The number of sulfonamides is 1. The van der Waals surface area contributed by atoms with Gasteiger partial charge < -0.3 is 4.98 Å². The topological polar surface area (TPSA) is 113 Å². The van der Waals surface area contributed by atoms with Gasteiger partial charge in [0.15, 0.2) is 14.9 Å². The number of hydrogen-bond acceptors (Lipinski definition) is 5. The van der Waals surface area contributed by atoms with E-state index in [1.54, 1.807) is 6.92 Å². The molecule has 2 N–H and O–H groups in total. The van der Waals surface area contributed by atoms with Gasteiger partial charge in [0.1, 0.15) is 0 Å². The first-order valence-corrected chi connectivity index (χ1v) is 11.3. The molecule has 0 bridgehead atoms. The van der Waals surface area contributed by atoms with Crippen LogP contribution in [0.2, 0.25) is 0 Å². The van der Waals surface area contributed by atoms with Crippen molar-refractivity contribution in [3.8, 4) is 0 Å². The van der Waals surface area contributed by atoms with E-state index in [1.165, 1.54) is 6.20 Å². The van der Waals surface area contributed by atoms with Crippen LogP contribution in [0.5, 0.6) is 0 Å². The second-order valence-corrected chi connectivity index (χ2v) is 10.3. The zero-order valence-corrected chi connectivity index (χ0v) is 16.1. The summed E-state index contributed by atoms with van der Waals surface area (Å²) in [6.07, 6.45) is 1.69. The van der Waals surface area contributed by atoms with E-state index in [0.29, 0.717) is 6.42 Å². The lowest BCUT2D eigenvalue weighted by Crippen LogP contribution is -2.36. The molecule has 0 unspecified atom stereocenters. The Bertz CT molecular complexity index is 1050. The lowest BCUT2D eigenvalue weighted by Gasteiger charge is -2.13. The molecular formula is C17H20N2O5S2. The normalized spacial score (nSPS) is 16.8. The van der Waals surface area contributed by atoms with Gasteiger partial charge in [-0.25, -0.2) is 13.1 Å². The summed E-state index contributed by atoms with van der Waals surface area (Å²) in [5.41, 5.74) is 2.25. The van der Waals surface area contributed by atoms with Gasteiger partial charge in [-0.1, -0.05) is 36.8 Å². The van der Waals surface area contributed by atoms with Crippen LogP contribution in [0.15, 0.2) is 40.4 Å². The van der Waals surface area contributed by atoms with E-state index in [1.807, 2.05) is 31.2 Å². The third kappa shape index (κ3) is 3.54. The van der Waals surface area contributed by atoms with Crippen LogP contribution < -0.4 is 4.72 Å². The molecule has 3 rings (SSSR count). The summed E-state index contributed by atoms with van der Waals surface area (Å²) >= 11 is 0. The Kier molecular flexibility index (Phi) is 4.70. The zero-order valence-electron chi connectivity index (χ0n) is 14.4. The van der Waals surface area contributed by atoms with Crippen molar-refractivity contribution in [1.29, 1.82) is 0 Å². The zero-order chi connectivity index (χ0) is 19.1. The number of sulfone groups is 1. The second kappa shape index (κ2) is 6.55. The fourth-order valence-electron chi connectivity index (χ4n) is 2.97. The van der Waals surface area contributed by atoms with Crippen LogP contribution in [0.4, 0.5) is 0 Å². The summed E-state index contributed by atoms with van der Waals surface area (Å²) in [4.78, 5) is 14.8. The Labute approximate surface area is 152 Å². The van der Waals surface area contributed by atoms with Gasteiger partial charge in [-0.15, -0.1) is 0 Å². The minimum atomic E-state index is -4.16. The Balaban J connectivity index is 1.75. The van der Waals surface area contributed by atoms with Crippen LogP contribution >= 0.6 is 0 Å². The van der Waals surface area contributed by atoms with E-state index in [0.717, 1.165) is 11.1 Å². The molecule has 0 radical (unpaired) electrons. The standard InChI is InChI=1S/C17H20N2O5S2/c1-11-3-5-13(6-4-11)9-12(2)16(20)19-26(23,24)17-14-7-8-25(21,22)15(14)10-18-17/h3-6,10,12,18H,7-9H2,1-2H3,(H,19,20)/t12-/m1/s1. The summed E-state index contributed by atoms with van der Waals surface area (Å²) < 4.78 is 50.8. The molecule has 2 heterocycles. The van der Waals surface area contributed by atoms with Crippen molar-refractivity contribution < 1.29 is 21.6 Å². The maximum atomic E-state index is 12.5. The minimum Gasteiger partial charge on any atom is -0.349 e. The second-order valence-electron chi connectivity index (χ2n) is 6.59. The summed E-state index contributed by atoms with van der Waals surface area (Å²) in [7, 11) is -7.60. The van der Waals surface area contributed by atoms with Gasteiger partial charge in [0.05, 0.1) is 10.6 Å². The number of fused-ring (bicyclic) bond motifs is 1. The number of carbonyl (C=O) groups is 1. The molecule has 1 aliphatic rings. The summed E-state index contributed by atoms with van der Waals surface area (Å²) in [5, 5.41) is -0.246. The predicted molar refractivity (Wildman–Crippen MR) is 95.9 cm³/mol.